The molecule has 6 heteroatoms. The average molecular weight is 265 g/mol. The fraction of sp³-hybridized carbons (Fsp3) is 0.333. The van der Waals surface area contributed by atoms with Crippen molar-refractivity contribution in [1.82, 2.24) is 10.6 Å². The number of hydrogen-bond acceptors (Lipinski definition) is 4. The van der Waals surface area contributed by atoms with E-state index < -0.39 is 0 Å². The summed E-state index contributed by atoms with van der Waals surface area (Å²) in [7, 11) is 0. The largest absolute Gasteiger partial charge is 0.355 e. The minimum atomic E-state index is -0.279. The Hall–Kier alpha value is -1.84. The van der Waals surface area contributed by atoms with Crippen LogP contribution in [-0.2, 0) is 4.79 Å². The summed E-state index contributed by atoms with van der Waals surface area (Å²) in [4.78, 5) is 23.6. The zero-order valence-corrected chi connectivity index (χ0v) is 10.9. The highest BCUT2D eigenvalue weighted by Crippen LogP contribution is 2.13. The lowest BCUT2D eigenvalue weighted by Crippen LogP contribution is -2.36. The molecule has 1 heterocycles. The maximum absolute atomic E-state index is 11.7. The molecule has 0 radical (unpaired) electrons. The van der Waals surface area contributed by atoms with Crippen molar-refractivity contribution in [3.63, 3.8) is 0 Å². The molecule has 5 nitrogen and oxygen atoms in total. The van der Waals surface area contributed by atoms with Crippen LogP contribution in [0, 0.1) is 11.8 Å². The van der Waals surface area contributed by atoms with Crippen LogP contribution in [0.25, 0.3) is 0 Å². The molecule has 0 aliphatic carbocycles. The molecule has 0 unspecified atom stereocenters. The van der Waals surface area contributed by atoms with Gasteiger partial charge in [-0.25, -0.2) is 0 Å². The van der Waals surface area contributed by atoms with Crippen molar-refractivity contribution in [2.45, 2.75) is 6.92 Å². The van der Waals surface area contributed by atoms with Crippen molar-refractivity contribution in [2.24, 2.45) is 5.73 Å². The van der Waals surface area contributed by atoms with Gasteiger partial charge in [-0.3, -0.25) is 9.59 Å². The molecule has 0 aliphatic rings. The zero-order valence-electron chi connectivity index (χ0n) is 10.1. The van der Waals surface area contributed by atoms with E-state index in [1.807, 2.05) is 6.92 Å². The third kappa shape index (κ3) is 4.57. The van der Waals surface area contributed by atoms with Crippen molar-refractivity contribution >= 4 is 23.2 Å². The molecule has 0 aliphatic heterocycles. The van der Waals surface area contributed by atoms with Crippen molar-refractivity contribution in [1.29, 1.82) is 0 Å². The number of likely N-dealkylation sites (N-methyl/N-ethyl adjacent to an activating group) is 1. The summed E-state index contributed by atoms with van der Waals surface area (Å²) < 4.78 is 0. The molecular formula is C12H15N3O2S. The summed E-state index contributed by atoms with van der Waals surface area (Å²) in [6.45, 7) is 2.63. The molecule has 0 saturated carbocycles. The molecule has 0 bridgehead atoms. The van der Waals surface area contributed by atoms with Gasteiger partial charge in [-0.1, -0.05) is 11.8 Å². The van der Waals surface area contributed by atoms with Gasteiger partial charge in [0.1, 0.15) is 0 Å². The van der Waals surface area contributed by atoms with Crippen molar-refractivity contribution < 1.29 is 9.59 Å². The molecule has 0 atom stereocenters. The summed E-state index contributed by atoms with van der Waals surface area (Å²) in [5, 5.41) is 6.84. The SMILES string of the molecule is CCNC(=O)CNC(=O)c1csc(C#CCN)c1. The Bertz CT molecular complexity index is 485. The van der Waals surface area contributed by atoms with E-state index >= 15 is 0 Å². The van der Waals surface area contributed by atoms with Crippen molar-refractivity contribution in [2.75, 3.05) is 19.6 Å². The minimum Gasteiger partial charge on any atom is -0.355 e. The molecule has 96 valence electrons. The molecule has 0 fully saturated rings. The van der Waals surface area contributed by atoms with E-state index in [9.17, 15) is 9.59 Å². The van der Waals surface area contributed by atoms with Crippen molar-refractivity contribution in [3.8, 4) is 11.8 Å². The number of nitrogens with two attached hydrogens (primary N) is 1. The maximum Gasteiger partial charge on any atom is 0.252 e. The van der Waals surface area contributed by atoms with E-state index in [2.05, 4.69) is 22.5 Å². The lowest BCUT2D eigenvalue weighted by molar-refractivity contribution is -0.120. The van der Waals surface area contributed by atoms with E-state index in [-0.39, 0.29) is 24.9 Å². The molecule has 18 heavy (non-hydrogen) atoms. The highest BCUT2D eigenvalue weighted by atomic mass is 32.1. The Kier molecular flexibility index (Phi) is 5.91. The van der Waals surface area contributed by atoms with Gasteiger partial charge in [0, 0.05) is 11.9 Å². The topological polar surface area (TPSA) is 84.2 Å². The first-order valence-corrected chi connectivity index (χ1v) is 6.37. The predicted octanol–water partition coefficient (Wildman–Crippen LogP) is -0.0758. The monoisotopic (exact) mass is 265 g/mol. The van der Waals surface area contributed by atoms with Crippen LogP contribution in [0.3, 0.4) is 0 Å². The number of amides is 2. The number of carbonyl (C=O) groups excluding carboxylic acids is 2. The molecule has 2 amide bonds. The lowest BCUT2D eigenvalue weighted by Gasteiger charge is -2.03. The Morgan fingerprint density at radius 3 is 2.89 bits per heavy atom. The number of nitrogens with one attached hydrogen (secondary N) is 2. The number of thiophene rings is 1. The van der Waals surface area contributed by atoms with Crippen LogP contribution >= 0.6 is 11.3 Å². The number of hydrogen-bond donors (Lipinski definition) is 3. The third-order valence-corrected chi connectivity index (χ3v) is 2.80. The van der Waals surface area contributed by atoms with Gasteiger partial charge in [0.2, 0.25) is 5.91 Å². The Morgan fingerprint density at radius 2 is 2.22 bits per heavy atom. The van der Waals surface area contributed by atoms with Gasteiger partial charge in [-0.2, -0.15) is 0 Å². The summed E-state index contributed by atoms with van der Waals surface area (Å²) in [6, 6.07) is 1.68. The zero-order chi connectivity index (χ0) is 13.4. The second-order valence-corrected chi connectivity index (χ2v) is 4.25. The smallest absolute Gasteiger partial charge is 0.252 e. The average Bonchev–Trinajstić information content (AvgIpc) is 2.82. The molecule has 0 saturated heterocycles. The molecule has 1 aromatic rings. The quantitative estimate of drug-likeness (QED) is 0.666. The van der Waals surface area contributed by atoms with Crippen molar-refractivity contribution in [3.05, 3.63) is 21.9 Å². The first-order valence-electron chi connectivity index (χ1n) is 5.49. The summed E-state index contributed by atoms with van der Waals surface area (Å²) in [5.41, 5.74) is 5.76. The predicted molar refractivity (Wildman–Crippen MR) is 71.3 cm³/mol. The lowest BCUT2D eigenvalue weighted by atomic mass is 10.3. The van der Waals surface area contributed by atoms with Gasteiger partial charge in [-0.05, 0) is 13.0 Å². The summed E-state index contributed by atoms with van der Waals surface area (Å²) in [6.07, 6.45) is 0. The Morgan fingerprint density at radius 1 is 1.44 bits per heavy atom. The second kappa shape index (κ2) is 7.48. The molecule has 0 spiro atoms. The minimum absolute atomic E-state index is 0.0215. The highest BCUT2D eigenvalue weighted by molar-refractivity contribution is 7.10. The van der Waals surface area contributed by atoms with Gasteiger partial charge >= 0.3 is 0 Å². The van der Waals surface area contributed by atoms with Crippen LogP contribution in [-0.4, -0.2) is 31.4 Å². The van der Waals surface area contributed by atoms with E-state index in [1.54, 1.807) is 11.4 Å². The van der Waals surface area contributed by atoms with Gasteiger partial charge in [0.15, 0.2) is 0 Å². The van der Waals surface area contributed by atoms with Crippen LogP contribution in [0.2, 0.25) is 0 Å². The van der Waals surface area contributed by atoms with E-state index in [1.165, 1.54) is 11.3 Å². The van der Waals surface area contributed by atoms with E-state index in [0.717, 1.165) is 4.88 Å². The first-order chi connectivity index (χ1) is 8.67. The van der Waals surface area contributed by atoms with Gasteiger partial charge < -0.3 is 16.4 Å². The highest BCUT2D eigenvalue weighted by Gasteiger charge is 2.09. The normalized spacial score (nSPS) is 9.22. The summed E-state index contributed by atoms with van der Waals surface area (Å²) >= 11 is 1.37. The van der Waals surface area contributed by atoms with E-state index in [4.69, 9.17) is 5.73 Å². The van der Waals surface area contributed by atoms with Gasteiger partial charge in [0.05, 0.1) is 23.5 Å². The number of carbonyl (C=O) groups is 2. The maximum atomic E-state index is 11.7. The fourth-order valence-electron chi connectivity index (χ4n) is 1.18. The molecule has 1 aromatic heterocycles. The van der Waals surface area contributed by atoms with Gasteiger partial charge in [0.25, 0.3) is 5.91 Å². The van der Waals surface area contributed by atoms with Crippen LogP contribution < -0.4 is 16.4 Å². The van der Waals surface area contributed by atoms with Crippen LogP contribution in [0.1, 0.15) is 22.2 Å². The fourth-order valence-corrected chi connectivity index (χ4v) is 1.94. The van der Waals surface area contributed by atoms with E-state index in [0.29, 0.717) is 12.1 Å². The van der Waals surface area contributed by atoms with Crippen LogP contribution in [0.4, 0.5) is 0 Å². The van der Waals surface area contributed by atoms with Crippen LogP contribution in [0.5, 0.6) is 0 Å². The molecule has 1 rings (SSSR count). The Labute approximate surface area is 110 Å². The third-order valence-electron chi connectivity index (χ3n) is 1.96. The van der Waals surface area contributed by atoms with Crippen LogP contribution in [0.15, 0.2) is 11.4 Å². The second-order valence-electron chi connectivity index (χ2n) is 3.34. The molecule has 0 aromatic carbocycles. The molecular weight excluding hydrogens is 250 g/mol. The molecule has 4 N–H and O–H groups in total. The number of rotatable bonds is 4. The first kappa shape index (κ1) is 14.2. The van der Waals surface area contributed by atoms with Gasteiger partial charge in [-0.15, -0.1) is 11.3 Å². The Balaban J connectivity index is 2.51. The standard InChI is InChI=1S/C12H15N3O2S/c1-2-14-11(16)7-15-12(17)9-6-10(18-8-9)4-3-5-13/h6,8H,2,5,7,13H2,1H3,(H,14,16)(H,15,17). The summed E-state index contributed by atoms with van der Waals surface area (Å²) in [5.74, 6) is 5.08.